The molecule has 1 N–H and O–H groups in total. The first kappa shape index (κ1) is 15.4. The van der Waals surface area contributed by atoms with Crippen molar-refractivity contribution < 1.29 is 9.53 Å². The highest BCUT2D eigenvalue weighted by atomic mass is 32.2. The van der Waals surface area contributed by atoms with Crippen LogP contribution in [0.3, 0.4) is 0 Å². The van der Waals surface area contributed by atoms with Crippen LogP contribution in [0.2, 0.25) is 0 Å². The van der Waals surface area contributed by atoms with E-state index in [-0.39, 0.29) is 18.6 Å². The first-order valence-corrected chi connectivity index (χ1v) is 8.39. The molecule has 0 aromatic heterocycles. The Bertz CT molecular complexity index is 737. The molecule has 1 amide bonds. The predicted octanol–water partition coefficient (Wildman–Crippen LogP) is 3.29. The van der Waals surface area contributed by atoms with Crippen molar-refractivity contribution in [3.8, 4) is 11.8 Å². The van der Waals surface area contributed by atoms with Crippen molar-refractivity contribution in [1.82, 2.24) is 5.32 Å². The number of ether oxygens (including phenoxy) is 1. The lowest BCUT2D eigenvalue weighted by atomic mass is 10.0. The SMILES string of the molecule is N#Cc1ccc(OCC(=O)N[C@@H]2CCSc3ccccc32)cc1. The first-order chi connectivity index (χ1) is 11.3. The summed E-state index contributed by atoms with van der Waals surface area (Å²) in [5, 5.41) is 11.8. The predicted molar refractivity (Wildman–Crippen MR) is 89.3 cm³/mol. The van der Waals surface area contributed by atoms with Crippen LogP contribution in [0.5, 0.6) is 5.75 Å². The summed E-state index contributed by atoms with van der Waals surface area (Å²) < 4.78 is 5.47. The second-order valence-electron chi connectivity index (χ2n) is 5.22. The van der Waals surface area contributed by atoms with Gasteiger partial charge in [0.15, 0.2) is 6.61 Å². The van der Waals surface area contributed by atoms with E-state index in [1.165, 1.54) is 10.5 Å². The summed E-state index contributed by atoms with van der Waals surface area (Å²) in [6.45, 7) is -0.0300. The second-order valence-corrected chi connectivity index (χ2v) is 6.36. The van der Waals surface area contributed by atoms with Gasteiger partial charge in [0.2, 0.25) is 0 Å². The van der Waals surface area contributed by atoms with E-state index in [9.17, 15) is 4.79 Å². The molecule has 0 radical (unpaired) electrons. The Morgan fingerprint density at radius 1 is 1.26 bits per heavy atom. The van der Waals surface area contributed by atoms with Gasteiger partial charge in [0.05, 0.1) is 17.7 Å². The van der Waals surface area contributed by atoms with E-state index in [1.807, 2.05) is 30.0 Å². The number of carbonyl (C=O) groups is 1. The molecule has 0 spiro atoms. The molecule has 23 heavy (non-hydrogen) atoms. The average molecular weight is 324 g/mol. The fourth-order valence-corrected chi connectivity index (χ4v) is 3.63. The summed E-state index contributed by atoms with van der Waals surface area (Å²) in [7, 11) is 0. The van der Waals surface area contributed by atoms with E-state index in [0.717, 1.165) is 12.2 Å². The van der Waals surface area contributed by atoms with Crippen molar-refractivity contribution in [3.05, 3.63) is 59.7 Å². The topological polar surface area (TPSA) is 62.1 Å². The molecule has 5 heteroatoms. The van der Waals surface area contributed by atoms with E-state index < -0.39 is 0 Å². The molecule has 0 unspecified atom stereocenters. The van der Waals surface area contributed by atoms with E-state index >= 15 is 0 Å². The minimum absolute atomic E-state index is 0.0300. The molecule has 0 fully saturated rings. The Kier molecular flexibility index (Phi) is 4.84. The van der Waals surface area contributed by atoms with E-state index in [0.29, 0.717) is 11.3 Å². The molecule has 1 aliphatic rings. The number of thioether (sulfide) groups is 1. The minimum Gasteiger partial charge on any atom is -0.484 e. The number of amides is 1. The molecule has 1 atom stereocenters. The quantitative estimate of drug-likeness (QED) is 0.937. The lowest BCUT2D eigenvalue weighted by Gasteiger charge is -2.25. The largest absolute Gasteiger partial charge is 0.484 e. The van der Waals surface area contributed by atoms with Crippen molar-refractivity contribution in [2.75, 3.05) is 12.4 Å². The molecule has 4 nitrogen and oxygen atoms in total. The third kappa shape index (κ3) is 3.85. The molecule has 0 saturated heterocycles. The number of fused-ring (bicyclic) bond motifs is 1. The van der Waals surface area contributed by atoms with Crippen molar-refractivity contribution >= 4 is 17.7 Å². The highest BCUT2D eigenvalue weighted by molar-refractivity contribution is 7.99. The lowest BCUT2D eigenvalue weighted by Crippen LogP contribution is -2.34. The summed E-state index contributed by atoms with van der Waals surface area (Å²) in [4.78, 5) is 13.4. The number of rotatable bonds is 4. The first-order valence-electron chi connectivity index (χ1n) is 7.40. The van der Waals surface area contributed by atoms with Gasteiger partial charge in [-0.05, 0) is 42.3 Å². The third-order valence-electron chi connectivity index (χ3n) is 3.65. The van der Waals surface area contributed by atoms with Gasteiger partial charge in [0, 0.05) is 10.6 Å². The van der Waals surface area contributed by atoms with Gasteiger partial charge in [0.25, 0.3) is 5.91 Å². The maximum Gasteiger partial charge on any atom is 0.258 e. The van der Waals surface area contributed by atoms with E-state index in [4.69, 9.17) is 10.00 Å². The fraction of sp³-hybridized carbons (Fsp3) is 0.222. The number of nitriles is 1. The number of hydrogen-bond acceptors (Lipinski definition) is 4. The third-order valence-corrected chi connectivity index (χ3v) is 4.77. The molecular weight excluding hydrogens is 308 g/mol. The summed E-state index contributed by atoms with van der Waals surface area (Å²) in [6, 6.07) is 17.0. The van der Waals surface area contributed by atoms with Gasteiger partial charge in [-0.15, -0.1) is 11.8 Å². The fourth-order valence-electron chi connectivity index (χ4n) is 2.50. The number of nitrogens with one attached hydrogen (secondary N) is 1. The van der Waals surface area contributed by atoms with E-state index in [2.05, 4.69) is 17.4 Å². The molecule has 1 heterocycles. The Morgan fingerprint density at radius 2 is 2.04 bits per heavy atom. The molecule has 0 aliphatic carbocycles. The van der Waals surface area contributed by atoms with Gasteiger partial charge in [-0.1, -0.05) is 18.2 Å². The van der Waals surface area contributed by atoms with Crippen LogP contribution in [-0.2, 0) is 4.79 Å². The van der Waals surface area contributed by atoms with Gasteiger partial charge >= 0.3 is 0 Å². The summed E-state index contributed by atoms with van der Waals surface area (Å²) in [6.07, 6.45) is 0.921. The van der Waals surface area contributed by atoms with Crippen molar-refractivity contribution in [3.63, 3.8) is 0 Å². The molecule has 2 aromatic rings. The highest BCUT2D eigenvalue weighted by Crippen LogP contribution is 2.35. The Morgan fingerprint density at radius 3 is 2.83 bits per heavy atom. The van der Waals surface area contributed by atoms with Gasteiger partial charge < -0.3 is 10.1 Å². The maximum absolute atomic E-state index is 12.1. The van der Waals surface area contributed by atoms with Crippen molar-refractivity contribution in [1.29, 1.82) is 5.26 Å². The van der Waals surface area contributed by atoms with Crippen LogP contribution in [0, 0.1) is 11.3 Å². The molecule has 116 valence electrons. The van der Waals surface area contributed by atoms with Gasteiger partial charge in [-0.25, -0.2) is 0 Å². The number of hydrogen-bond donors (Lipinski definition) is 1. The zero-order chi connectivity index (χ0) is 16.1. The van der Waals surface area contributed by atoms with E-state index in [1.54, 1.807) is 24.3 Å². The number of benzene rings is 2. The average Bonchev–Trinajstić information content (AvgIpc) is 2.61. The van der Waals surface area contributed by atoms with Crippen LogP contribution in [0.1, 0.15) is 23.6 Å². The van der Waals surface area contributed by atoms with Crippen molar-refractivity contribution in [2.45, 2.75) is 17.4 Å². The zero-order valence-corrected chi connectivity index (χ0v) is 13.3. The van der Waals surface area contributed by atoms with Crippen LogP contribution in [0.15, 0.2) is 53.4 Å². The lowest BCUT2D eigenvalue weighted by molar-refractivity contribution is -0.123. The molecule has 0 saturated carbocycles. The smallest absolute Gasteiger partial charge is 0.258 e. The molecule has 1 aliphatic heterocycles. The van der Waals surface area contributed by atoms with Gasteiger partial charge in [0.1, 0.15) is 5.75 Å². The maximum atomic E-state index is 12.1. The summed E-state index contributed by atoms with van der Waals surface area (Å²) in [5.74, 6) is 1.44. The molecular formula is C18H16N2O2S. The Labute approximate surface area is 139 Å². The zero-order valence-electron chi connectivity index (χ0n) is 12.5. The standard InChI is InChI=1S/C18H16N2O2S/c19-11-13-5-7-14(8-6-13)22-12-18(21)20-16-9-10-23-17-4-2-1-3-15(16)17/h1-8,16H,9-10,12H2,(H,20,21)/t16-/m1/s1. The minimum atomic E-state index is -0.138. The second kappa shape index (κ2) is 7.21. The van der Waals surface area contributed by atoms with Crippen LogP contribution in [0.25, 0.3) is 0 Å². The number of carbonyl (C=O) groups excluding carboxylic acids is 1. The van der Waals surface area contributed by atoms with Gasteiger partial charge in [-0.2, -0.15) is 5.26 Å². The van der Waals surface area contributed by atoms with Crippen LogP contribution in [-0.4, -0.2) is 18.3 Å². The normalized spacial score (nSPS) is 16.0. The summed E-state index contributed by atoms with van der Waals surface area (Å²) in [5.41, 5.74) is 1.74. The molecule has 2 aromatic carbocycles. The highest BCUT2D eigenvalue weighted by Gasteiger charge is 2.21. The Hall–Kier alpha value is -2.45. The molecule has 0 bridgehead atoms. The van der Waals surface area contributed by atoms with Gasteiger partial charge in [-0.3, -0.25) is 4.79 Å². The van der Waals surface area contributed by atoms with Crippen LogP contribution < -0.4 is 10.1 Å². The monoisotopic (exact) mass is 324 g/mol. The summed E-state index contributed by atoms with van der Waals surface area (Å²) >= 11 is 1.82. The van der Waals surface area contributed by atoms with Crippen LogP contribution >= 0.6 is 11.8 Å². The van der Waals surface area contributed by atoms with Crippen LogP contribution in [0.4, 0.5) is 0 Å². The Balaban J connectivity index is 1.57. The van der Waals surface area contributed by atoms with Crippen molar-refractivity contribution in [2.24, 2.45) is 0 Å². The number of nitrogens with zero attached hydrogens (tertiary/aromatic N) is 1. The molecule has 3 rings (SSSR count).